The molecule has 4 aromatic rings. The van der Waals surface area contributed by atoms with Crippen molar-refractivity contribution >= 4 is 22.9 Å². The van der Waals surface area contributed by atoms with E-state index in [1.807, 2.05) is 20.8 Å². The van der Waals surface area contributed by atoms with Crippen molar-refractivity contribution in [3.63, 3.8) is 0 Å². The fourth-order valence-electron chi connectivity index (χ4n) is 4.96. The minimum absolute atomic E-state index is 0. The van der Waals surface area contributed by atoms with Gasteiger partial charge in [0.2, 0.25) is 0 Å². The number of carbonyl (C=O) groups is 1. The Morgan fingerprint density at radius 1 is 0.667 bits per heavy atom. The van der Waals surface area contributed by atoms with Crippen molar-refractivity contribution in [3.05, 3.63) is 120 Å². The van der Waals surface area contributed by atoms with E-state index in [2.05, 4.69) is 113 Å². The zero-order valence-electron chi connectivity index (χ0n) is 20.7. The topological polar surface area (TPSA) is 29.1 Å². The Balaban J connectivity index is 0.00000180. The molecule has 0 saturated carbocycles. The maximum Gasteiger partial charge on any atom is -1.00 e. The summed E-state index contributed by atoms with van der Waals surface area (Å²) in [5.74, 6) is 0.175. The van der Waals surface area contributed by atoms with Gasteiger partial charge < -0.3 is 24.8 Å². The second-order valence-electron chi connectivity index (χ2n) is 10.0. The average Bonchev–Trinajstić information content (AvgIpc) is 3.19. The molecule has 0 fully saturated rings. The van der Waals surface area contributed by atoms with Crippen LogP contribution >= 0.6 is 0 Å². The van der Waals surface area contributed by atoms with Gasteiger partial charge in [-0.15, -0.1) is 0 Å². The normalized spacial score (nSPS) is 12.1. The van der Waals surface area contributed by atoms with Crippen molar-refractivity contribution in [3.8, 4) is 11.1 Å². The van der Waals surface area contributed by atoms with E-state index < -0.39 is 29.5 Å². The minimum Gasteiger partial charge on any atom is -1.00 e. The van der Waals surface area contributed by atoms with E-state index in [4.69, 9.17) is 0 Å². The van der Waals surface area contributed by atoms with Gasteiger partial charge in [0.15, 0.2) is 0 Å². The predicted molar refractivity (Wildman–Crippen MR) is 141 cm³/mol. The second kappa shape index (κ2) is 11.9. The molecule has 2 nitrogen and oxygen atoms in total. The van der Waals surface area contributed by atoms with Crippen LogP contribution < -0.4 is 39.0 Å². The molecule has 0 spiro atoms. The van der Waals surface area contributed by atoms with Crippen LogP contribution in [0, 0.1) is 5.41 Å². The molecule has 1 aliphatic rings. The van der Waals surface area contributed by atoms with Gasteiger partial charge in [-0.2, -0.15) is 0 Å². The number of benzene rings is 4. The van der Waals surface area contributed by atoms with E-state index in [0.29, 0.717) is 0 Å². The van der Waals surface area contributed by atoms with E-state index in [1.54, 1.807) is 0 Å². The van der Waals surface area contributed by atoms with E-state index in [1.165, 1.54) is 32.6 Å². The summed E-state index contributed by atoms with van der Waals surface area (Å²) in [5.41, 5.74) is 5.00. The third-order valence-electron chi connectivity index (χ3n) is 6.66. The number of halogens is 2. The standard InChI is InChI=1S/C13H9.C12H11Si.C5H11NO.2ClH.Ti/c1-3-7-12-10(5-1)9-11-6-2-4-8-13(11)12;1-3-7-11(8-4-1)13-12-9-5-2-6-10-12;1-5(2,3)4(6)7;;;/h1-9H;1-10,13H;1-3H3,(H2,6,7);2*1H;/q;;;;;+3/p-3. The average molecular weight is 567 g/mol. The first-order valence-corrected chi connectivity index (χ1v) is 18.0. The summed E-state index contributed by atoms with van der Waals surface area (Å²) >= 11 is -2.33. The SMILES string of the molecule is CC(C)(C)C(=O)[NH][Ti+2]([CH]1c2ccccc2-c2ccccc21)[SiH](c1ccccc1)c1ccccc1.[Cl-].[Cl-]. The molecule has 0 atom stereocenters. The van der Waals surface area contributed by atoms with Gasteiger partial charge in [0.1, 0.15) is 0 Å². The van der Waals surface area contributed by atoms with Gasteiger partial charge >= 0.3 is 211 Å². The van der Waals surface area contributed by atoms with Gasteiger partial charge in [0, 0.05) is 0 Å². The number of carbonyl (C=O) groups excluding carboxylic acids is 1. The molecule has 0 unspecified atom stereocenters. The van der Waals surface area contributed by atoms with Gasteiger partial charge in [-0.1, -0.05) is 0 Å². The van der Waals surface area contributed by atoms with Crippen molar-refractivity contribution in [2.45, 2.75) is 25.0 Å². The third-order valence-corrected chi connectivity index (χ3v) is 20.1. The first kappa shape index (κ1) is 28.4. The molecule has 0 radical (unpaired) electrons. The summed E-state index contributed by atoms with van der Waals surface area (Å²) in [6, 6.07) is 39.6. The second-order valence-corrected chi connectivity index (χ2v) is 20.2. The van der Waals surface area contributed by atoms with Crippen molar-refractivity contribution < 1.29 is 47.0 Å². The summed E-state index contributed by atoms with van der Waals surface area (Å²) in [6.07, 6.45) is 0. The van der Waals surface area contributed by atoms with E-state index in [0.717, 1.165) is 0 Å². The van der Waals surface area contributed by atoms with Crippen LogP contribution in [0.3, 0.4) is 0 Å². The Morgan fingerprint density at radius 3 is 1.47 bits per heavy atom. The monoisotopic (exact) mass is 566 g/mol. The van der Waals surface area contributed by atoms with E-state index >= 15 is 0 Å². The minimum atomic E-state index is -2.33. The van der Waals surface area contributed by atoms with Crippen molar-refractivity contribution in [1.82, 2.24) is 3.80 Å². The molecule has 5 rings (SSSR count). The molecule has 1 amide bonds. The Bertz CT molecular complexity index is 1220. The van der Waals surface area contributed by atoms with Crippen molar-refractivity contribution in [2.75, 3.05) is 0 Å². The van der Waals surface area contributed by atoms with Gasteiger partial charge in [-0.25, -0.2) is 0 Å². The summed E-state index contributed by atoms with van der Waals surface area (Å²) in [6.45, 7) is 4.34. The van der Waals surface area contributed by atoms with Crippen LogP contribution in [0.4, 0.5) is 0 Å². The molecule has 0 aromatic heterocycles. The first-order valence-electron chi connectivity index (χ1n) is 11.9. The maximum atomic E-state index is 13.6. The van der Waals surface area contributed by atoms with Gasteiger partial charge in [-0.3, -0.25) is 0 Å². The molecule has 183 valence electrons. The largest absolute Gasteiger partial charge is 1.00 e. The quantitative estimate of drug-likeness (QED) is 0.309. The first-order chi connectivity index (χ1) is 16.4. The van der Waals surface area contributed by atoms with Crippen LogP contribution in [-0.2, 0) is 22.2 Å². The molecule has 0 saturated heterocycles. The number of rotatable bonds is 5. The molecule has 0 heterocycles. The smallest absolute Gasteiger partial charge is 1.00 e. The molecule has 36 heavy (non-hydrogen) atoms. The van der Waals surface area contributed by atoms with Crippen LogP contribution in [0.2, 0.25) is 0 Å². The van der Waals surface area contributed by atoms with Crippen LogP contribution in [0.25, 0.3) is 11.1 Å². The number of amides is 1. The predicted octanol–water partition coefficient (Wildman–Crippen LogP) is -1.00. The van der Waals surface area contributed by atoms with Gasteiger partial charge in [0.05, 0.1) is 0 Å². The molecular formula is C30H30Cl2NOSiTi. The Morgan fingerprint density at radius 2 is 1.06 bits per heavy atom. The Hall–Kier alpha value is -2.14. The van der Waals surface area contributed by atoms with Gasteiger partial charge in [0.25, 0.3) is 0 Å². The number of hydrogen-bond acceptors (Lipinski definition) is 1. The van der Waals surface area contributed by atoms with E-state index in [-0.39, 0.29) is 34.9 Å². The van der Waals surface area contributed by atoms with Crippen LogP contribution in [-0.4, -0.2) is 12.6 Å². The van der Waals surface area contributed by atoms with E-state index in [9.17, 15) is 4.79 Å². The number of fused-ring (bicyclic) bond motifs is 3. The van der Waals surface area contributed by atoms with Crippen LogP contribution in [0.1, 0.15) is 36.1 Å². The maximum absolute atomic E-state index is 13.6. The fraction of sp³-hybridized carbons (Fsp3) is 0.167. The summed E-state index contributed by atoms with van der Waals surface area (Å²) < 4.78 is 4.04. The summed E-state index contributed by atoms with van der Waals surface area (Å²) in [4.78, 5) is 13.6. The molecule has 1 N–H and O–H groups in total. The molecule has 6 heteroatoms. The molecular weight excluding hydrogens is 537 g/mol. The number of nitrogens with one attached hydrogen (secondary N) is 1. The molecule has 1 aliphatic carbocycles. The number of hydrogen-bond donors (Lipinski definition) is 1. The Labute approximate surface area is 234 Å². The van der Waals surface area contributed by atoms with Gasteiger partial charge in [-0.05, 0) is 0 Å². The van der Waals surface area contributed by atoms with Crippen molar-refractivity contribution in [1.29, 1.82) is 0 Å². The van der Waals surface area contributed by atoms with Crippen molar-refractivity contribution in [2.24, 2.45) is 5.41 Å². The molecule has 0 bridgehead atoms. The zero-order valence-corrected chi connectivity index (χ0v) is 24.9. The third kappa shape index (κ3) is 5.56. The summed E-state index contributed by atoms with van der Waals surface area (Å²) in [5, 5.41) is 2.83. The van der Waals surface area contributed by atoms with Crippen LogP contribution in [0.15, 0.2) is 109 Å². The van der Waals surface area contributed by atoms with Crippen LogP contribution in [0.5, 0.6) is 0 Å². The fourth-order valence-corrected chi connectivity index (χ4v) is 20.2. The molecule has 0 aliphatic heterocycles. The zero-order chi connectivity index (χ0) is 23.7. The summed E-state index contributed by atoms with van der Waals surface area (Å²) in [7, 11) is 0. The Kier molecular flexibility index (Phi) is 9.43. The molecule has 4 aromatic carbocycles.